The Bertz CT molecular complexity index is 1020. The van der Waals surface area contributed by atoms with Crippen LogP contribution in [0, 0.1) is 0 Å². The number of carbonyl (C=O) groups excluding carboxylic acids is 1. The third kappa shape index (κ3) is 5.50. The molecule has 1 atom stereocenters. The van der Waals surface area contributed by atoms with E-state index in [0.29, 0.717) is 16.1 Å². The molecule has 6 nitrogen and oxygen atoms in total. The molecule has 2 aromatic heterocycles. The average Bonchev–Trinajstić information content (AvgIpc) is 3.12. The van der Waals surface area contributed by atoms with Gasteiger partial charge in [0.2, 0.25) is 11.8 Å². The third-order valence-corrected chi connectivity index (χ3v) is 5.53. The predicted octanol–water partition coefficient (Wildman–Crippen LogP) is 5.86. The number of aromatic nitrogens is 3. The maximum atomic E-state index is 12.4. The number of rotatable bonds is 5. The van der Waals surface area contributed by atoms with E-state index in [-0.39, 0.29) is 22.2 Å². The minimum absolute atomic E-state index is 0.0685. The molecule has 3 aromatic rings. The second-order valence-electron chi connectivity index (χ2n) is 7.43. The number of carbonyl (C=O) groups is 1. The van der Waals surface area contributed by atoms with E-state index in [1.807, 2.05) is 24.3 Å². The van der Waals surface area contributed by atoms with Crippen molar-refractivity contribution in [1.82, 2.24) is 15.2 Å². The van der Waals surface area contributed by atoms with Crippen LogP contribution in [-0.2, 0) is 10.2 Å². The molecule has 0 spiro atoms. The Morgan fingerprint density at radius 1 is 1.17 bits per heavy atom. The highest BCUT2D eigenvalue weighted by Crippen LogP contribution is 2.29. The van der Waals surface area contributed by atoms with Gasteiger partial charge in [-0.05, 0) is 36.1 Å². The summed E-state index contributed by atoms with van der Waals surface area (Å²) in [6.07, 6.45) is 1.41. The van der Waals surface area contributed by atoms with Crippen molar-refractivity contribution in [3.63, 3.8) is 0 Å². The van der Waals surface area contributed by atoms with Gasteiger partial charge in [0.25, 0.3) is 5.22 Å². The summed E-state index contributed by atoms with van der Waals surface area (Å²) in [7, 11) is 0. The highest BCUT2D eigenvalue weighted by molar-refractivity contribution is 8.00. The Hall–Kier alpha value is -2.09. The number of benzene rings is 1. The molecule has 0 aliphatic heterocycles. The Balaban J connectivity index is 1.65. The van der Waals surface area contributed by atoms with Crippen molar-refractivity contribution in [3.05, 3.63) is 52.1 Å². The van der Waals surface area contributed by atoms with Crippen molar-refractivity contribution >= 4 is 46.7 Å². The topological polar surface area (TPSA) is 80.9 Å². The van der Waals surface area contributed by atoms with Crippen LogP contribution in [0.1, 0.15) is 33.3 Å². The quantitative estimate of drug-likeness (QED) is 0.490. The van der Waals surface area contributed by atoms with Gasteiger partial charge in [0.15, 0.2) is 5.82 Å². The van der Waals surface area contributed by atoms with Gasteiger partial charge in [0.05, 0.1) is 15.3 Å². The maximum absolute atomic E-state index is 12.4. The molecule has 0 radical (unpaired) electrons. The van der Waals surface area contributed by atoms with E-state index in [1.54, 1.807) is 6.92 Å². The Labute approximate surface area is 183 Å². The van der Waals surface area contributed by atoms with Gasteiger partial charge < -0.3 is 9.73 Å². The van der Waals surface area contributed by atoms with Gasteiger partial charge in [-0.1, -0.05) is 67.9 Å². The SMILES string of the molecule is CC(Sc1nnc(-c2ccc(C(C)(C)C)cc2)o1)C(=O)Nc1ncc(Cl)cc1Cl. The van der Waals surface area contributed by atoms with Crippen LogP contribution in [0.15, 0.2) is 46.2 Å². The van der Waals surface area contributed by atoms with Gasteiger partial charge in [-0.2, -0.15) is 0 Å². The van der Waals surface area contributed by atoms with Crippen molar-refractivity contribution in [2.45, 2.75) is 43.6 Å². The summed E-state index contributed by atoms with van der Waals surface area (Å²) in [5, 5.41) is 11.2. The van der Waals surface area contributed by atoms with Crippen LogP contribution < -0.4 is 5.32 Å². The van der Waals surface area contributed by atoms with E-state index < -0.39 is 5.25 Å². The third-order valence-electron chi connectivity index (χ3n) is 4.10. The lowest BCUT2D eigenvalue weighted by Crippen LogP contribution is -2.23. The van der Waals surface area contributed by atoms with Crippen LogP contribution in [0.2, 0.25) is 10.0 Å². The van der Waals surface area contributed by atoms with Crippen LogP contribution in [0.25, 0.3) is 11.5 Å². The van der Waals surface area contributed by atoms with Gasteiger partial charge >= 0.3 is 0 Å². The molecule has 1 N–H and O–H groups in total. The number of hydrogen-bond donors (Lipinski definition) is 1. The smallest absolute Gasteiger partial charge is 0.277 e. The number of amides is 1. The zero-order chi connectivity index (χ0) is 21.2. The lowest BCUT2D eigenvalue weighted by Gasteiger charge is -2.18. The van der Waals surface area contributed by atoms with E-state index in [2.05, 4.69) is 41.3 Å². The number of thioether (sulfide) groups is 1. The molecular formula is C20H20Cl2N4O2S. The van der Waals surface area contributed by atoms with Gasteiger partial charge in [-0.3, -0.25) is 4.79 Å². The monoisotopic (exact) mass is 450 g/mol. The summed E-state index contributed by atoms with van der Waals surface area (Å²) >= 11 is 13.0. The average molecular weight is 451 g/mol. The molecule has 0 aliphatic rings. The standard InChI is InChI=1S/C20H20Cl2N4O2S/c1-11(17(27)24-16-15(22)9-14(21)10-23-16)29-19-26-25-18(28-19)12-5-7-13(8-6-12)20(2,3)4/h5-11H,1-4H3,(H,23,24,27). The van der Waals surface area contributed by atoms with Gasteiger partial charge in [0.1, 0.15) is 0 Å². The lowest BCUT2D eigenvalue weighted by atomic mass is 9.87. The molecule has 2 heterocycles. The fourth-order valence-corrected chi connectivity index (χ4v) is 3.53. The highest BCUT2D eigenvalue weighted by atomic mass is 35.5. The molecule has 1 unspecified atom stereocenters. The zero-order valence-electron chi connectivity index (χ0n) is 16.4. The summed E-state index contributed by atoms with van der Waals surface area (Å²) in [5.41, 5.74) is 2.11. The van der Waals surface area contributed by atoms with Crippen LogP contribution in [0.5, 0.6) is 0 Å². The molecule has 29 heavy (non-hydrogen) atoms. The molecule has 152 valence electrons. The molecule has 0 saturated heterocycles. The molecule has 1 amide bonds. The summed E-state index contributed by atoms with van der Waals surface area (Å²) < 4.78 is 5.71. The normalized spacial score (nSPS) is 12.6. The highest BCUT2D eigenvalue weighted by Gasteiger charge is 2.20. The molecule has 1 aromatic carbocycles. The van der Waals surface area contributed by atoms with E-state index in [1.165, 1.54) is 17.8 Å². The van der Waals surface area contributed by atoms with Crippen LogP contribution in [0.4, 0.5) is 5.82 Å². The summed E-state index contributed by atoms with van der Waals surface area (Å²) in [5.74, 6) is 0.364. The molecule has 0 fully saturated rings. The van der Waals surface area contributed by atoms with Crippen LogP contribution in [0.3, 0.4) is 0 Å². The fourth-order valence-electron chi connectivity index (χ4n) is 2.42. The van der Waals surface area contributed by atoms with Gasteiger partial charge in [-0.15, -0.1) is 10.2 Å². The first kappa shape index (κ1) is 21.6. The van der Waals surface area contributed by atoms with E-state index >= 15 is 0 Å². The van der Waals surface area contributed by atoms with Crippen LogP contribution >= 0.6 is 35.0 Å². The van der Waals surface area contributed by atoms with Gasteiger partial charge in [-0.25, -0.2) is 4.98 Å². The second kappa shape index (κ2) is 8.73. The van der Waals surface area contributed by atoms with Gasteiger partial charge in [0, 0.05) is 11.8 Å². The minimum atomic E-state index is -0.500. The molecule has 0 aliphatic carbocycles. The van der Waals surface area contributed by atoms with E-state index in [0.717, 1.165) is 17.3 Å². The number of anilines is 1. The number of pyridine rings is 1. The first-order valence-electron chi connectivity index (χ1n) is 8.86. The first-order chi connectivity index (χ1) is 13.6. The first-order valence-corrected chi connectivity index (χ1v) is 10.5. The summed E-state index contributed by atoms with van der Waals surface area (Å²) in [6.45, 7) is 8.19. The Morgan fingerprint density at radius 2 is 1.86 bits per heavy atom. The van der Waals surface area contributed by atoms with E-state index in [9.17, 15) is 4.79 Å². The number of halogens is 2. The molecule has 0 bridgehead atoms. The van der Waals surface area contributed by atoms with E-state index in [4.69, 9.17) is 27.6 Å². The van der Waals surface area contributed by atoms with Crippen molar-refractivity contribution in [1.29, 1.82) is 0 Å². The molecule has 9 heteroatoms. The minimum Gasteiger partial charge on any atom is -0.411 e. The Morgan fingerprint density at radius 3 is 2.48 bits per heavy atom. The molecule has 0 saturated carbocycles. The number of hydrogen-bond acceptors (Lipinski definition) is 6. The fraction of sp³-hybridized carbons (Fsp3) is 0.300. The molecule has 3 rings (SSSR count). The number of nitrogens with one attached hydrogen (secondary N) is 1. The van der Waals surface area contributed by atoms with Crippen molar-refractivity contribution < 1.29 is 9.21 Å². The maximum Gasteiger partial charge on any atom is 0.277 e. The summed E-state index contributed by atoms with van der Waals surface area (Å²) in [4.78, 5) is 16.4. The summed E-state index contributed by atoms with van der Waals surface area (Å²) in [6, 6.07) is 9.51. The van der Waals surface area contributed by atoms with Crippen molar-refractivity contribution in [2.75, 3.05) is 5.32 Å². The lowest BCUT2D eigenvalue weighted by molar-refractivity contribution is -0.115. The number of nitrogens with zero attached hydrogens (tertiary/aromatic N) is 3. The van der Waals surface area contributed by atoms with Crippen molar-refractivity contribution in [3.8, 4) is 11.5 Å². The predicted molar refractivity (Wildman–Crippen MR) is 117 cm³/mol. The van der Waals surface area contributed by atoms with Crippen molar-refractivity contribution in [2.24, 2.45) is 0 Å². The molecular weight excluding hydrogens is 431 g/mol. The van der Waals surface area contributed by atoms with Crippen LogP contribution in [-0.4, -0.2) is 26.3 Å². The largest absolute Gasteiger partial charge is 0.411 e. The second-order valence-corrected chi connectivity index (χ2v) is 9.57. The zero-order valence-corrected chi connectivity index (χ0v) is 18.7. The Kier molecular flexibility index (Phi) is 6.51.